The summed E-state index contributed by atoms with van der Waals surface area (Å²) in [5.74, 6) is 0.122. The van der Waals surface area contributed by atoms with Crippen molar-refractivity contribution in [2.24, 2.45) is 11.8 Å². The van der Waals surface area contributed by atoms with E-state index in [1.165, 1.54) is 0 Å². The van der Waals surface area contributed by atoms with Crippen molar-refractivity contribution in [2.45, 2.75) is 18.9 Å². The van der Waals surface area contributed by atoms with Gasteiger partial charge in [0, 0.05) is 10.7 Å². The number of nitrogens with one attached hydrogen (secondary N) is 1. The van der Waals surface area contributed by atoms with E-state index in [1.54, 1.807) is 11.8 Å². The van der Waals surface area contributed by atoms with E-state index in [9.17, 15) is 9.59 Å². The fraction of sp³-hybridized carbons (Fsp3) is 0.231. The molecule has 0 radical (unpaired) electrons. The standard InChI is InChI=1S/C26H22ClN5O3/c1-35-18-12-8-16(9-13-18)22-14-21(15-6-10-17(27)11-7-15)28-25-29-26(30-32(22)25)31-23(33)19-4-2-3-5-20(19)24(31)34/h2-3,6-14,19-20,22H,4-5H2,1H3,(H,28,29,30). The Hall–Kier alpha value is -3.91. The van der Waals surface area contributed by atoms with Crippen LogP contribution in [0.3, 0.4) is 0 Å². The van der Waals surface area contributed by atoms with Gasteiger partial charge in [0.25, 0.3) is 5.95 Å². The lowest BCUT2D eigenvalue weighted by molar-refractivity contribution is -0.122. The second-order valence-corrected chi connectivity index (χ2v) is 9.21. The minimum Gasteiger partial charge on any atom is -0.497 e. The number of allylic oxidation sites excluding steroid dienone is 3. The van der Waals surface area contributed by atoms with Gasteiger partial charge in [0.15, 0.2) is 0 Å². The van der Waals surface area contributed by atoms with Crippen LogP contribution in [-0.2, 0) is 9.59 Å². The lowest BCUT2D eigenvalue weighted by Crippen LogP contribution is -2.32. The van der Waals surface area contributed by atoms with Crippen molar-refractivity contribution in [2.75, 3.05) is 17.3 Å². The van der Waals surface area contributed by atoms with Crippen LogP contribution < -0.4 is 15.0 Å². The van der Waals surface area contributed by atoms with E-state index in [0.29, 0.717) is 23.8 Å². The first-order chi connectivity index (χ1) is 17.0. The molecule has 1 aliphatic carbocycles. The number of aromatic nitrogens is 3. The van der Waals surface area contributed by atoms with Crippen molar-refractivity contribution in [3.05, 3.63) is 82.9 Å². The second-order valence-electron chi connectivity index (χ2n) is 8.78. The number of halogens is 1. The van der Waals surface area contributed by atoms with Crippen LogP contribution in [0.4, 0.5) is 11.9 Å². The highest BCUT2D eigenvalue weighted by atomic mass is 35.5. The van der Waals surface area contributed by atoms with Gasteiger partial charge in [-0.2, -0.15) is 4.98 Å². The minimum atomic E-state index is -0.346. The Morgan fingerprint density at radius 1 is 0.971 bits per heavy atom. The Morgan fingerprint density at radius 3 is 2.26 bits per heavy atom. The van der Waals surface area contributed by atoms with E-state index in [4.69, 9.17) is 16.3 Å². The zero-order valence-electron chi connectivity index (χ0n) is 18.9. The van der Waals surface area contributed by atoms with Crippen LogP contribution >= 0.6 is 11.6 Å². The quantitative estimate of drug-likeness (QED) is 0.432. The molecule has 1 N–H and O–H groups in total. The summed E-state index contributed by atoms with van der Waals surface area (Å²) in [5, 5.41) is 8.60. The van der Waals surface area contributed by atoms with Gasteiger partial charge in [-0.05, 0) is 54.3 Å². The number of nitrogens with zero attached hydrogens (tertiary/aromatic N) is 4. The molecule has 1 aromatic heterocycles. The van der Waals surface area contributed by atoms with Crippen LogP contribution in [0.1, 0.15) is 30.0 Å². The van der Waals surface area contributed by atoms with E-state index in [1.807, 2.05) is 66.8 Å². The predicted octanol–water partition coefficient (Wildman–Crippen LogP) is 4.45. The fourth-order valence-electron chi connectivity index (χ4n) is 4.91. The second kappa shape index (κ2) is 8.39. The summed E-state index contributed by atoms with van der Waals surface area (Å²) in [6.45, 7) is 0. The molecule has 9 heteroatoms. The third-order valence-corrected chi connectivity index (χ3v) is 7.03. The lowest BCUT2D eigenvalue weighted by atomic mass is 9.85. The number of amides is 2. The molecule has 2 aromatic carbocycles. The molecule has 1 fully saturated rings. The third-order valence-electron chi connectivity index (χ3n) is 6.77. The van der Waals surface area contributed by atoms with E-state index in [0.717, 1.165) is 27.5 Å². The Labute approximate surface area is 206 Å². The molecule has 3 unspecified atom stereocenters. The number of fused-ring (bicyclic) bond motifs is 2. The smallest absolute Gasteiger partial charge is 0.260 e. The maximum Gasteiger partial charge on any atom is 0.260 e. The van der Waals surface area contributed by atoms with Gasteiger partial charge in [0.1, 0.15) is 11.8 Å². The number of ether oxygens (including phenoxy) is 1. The van der Waals surface area contributed by atoms with Crippen molar-refractivity contribution >= 4 is 41.0 Å². The van der Waals surface area contributed by atoms with Crippen molar-refractivity contribution < 1.29 is 14.3 Å². The maximum absolute atomic E-state index is 13.1. The Kier molecular flexibility index (Phi) is 5.18. The number of rotatable bonds is 4. The molecule has 6 rings (SSSR count). The van der Waals surface area contributed by atoms with Gasteiger partial charge >= 0.3 is 0 Å². The van der Waals surface area contributed by atoms with Crippen LogP contribution in [0.5, 0.6) is 5.75 Å². The number of anilines is 2. The molecule has 35 heavy (non-hydrogen) atoms. The first-order valence-electron chi connectivity index (χ1n) is 11.4. The summed E-state index contributed by atoms with van der Waals surface area (Å²) in [7, 11) is 1.62. The molecule has 3 aromatic rings. The predicted molar refractivity (Wildman–Crippen MR) is 132 cm³/mol. The maximum atomic E-state index is 13.1. The molecule has 2 aliphatic heterocycles. The summed E-state index contributed by atoms with van der Waals surface area (Å²) < 4.78 is 7.01. The average Bonchev–Trinajstić information content (AvgIpc) is 3.42. The van der Waals surface area contributed by atoms with Gasteiger partial charge in [-0.1, -0.05) is 48.0 Å². The van der Waals surface area contributed by atoms with Crippen LogP contribution in [0.15, 0.2) is 66.8 Å². The number of hydrogen-bond donors (Lipinski definition) is 1. The molecule has 3 heterocycles. The molecular weight excluding hydrogens is 466 g/mol. The van der Waals surface area contributed by atoms with E-state index in [-0.39, 0.29) is 35.6 Å². The molecule has 2 amide bonds. The van der Waals surface area contributed by atoms with Crippen molar-refractivity contribution in [1.82, 2.24) is 14.8 Å². The van der Waals surface area contributed by atoms with Crippen LogP contribution in [-0.4, -0.2) is 33.7 Å². The summed E-state index contributed by atoms with van der Waals surface area (Å²) in [5.41, 5.74) is 2.70. The molecule has 0 saturated carbocycles. The van der Waals surface area contributed by atoms with E-state index < -0.39 is 0 Å². The largest absolute Gasteiger partial charge is 0.497 e. The first kappa shape index (κ1) is 21.6. The highest BCUT2D eigenvalue weighted by molar-refractivity contribution is 6.30. The zero-order valence-corrected chi connectivity index (χ0v) is 19.6. The first-order valence-corrected chi connectivity index (χ1v) is 11.8. The zero-order chi connectivity index (χ0) is 24.1. The van der Waals surface area contributed by atoms with Crippen LogP contribution in [0.2, 0.25) is 5.02 Å². The van der Waals surface area contributed by atoms with Crippen molar-refractivity contribution in [1.29, 1.82) is 0 Å². The topological polar surface area (TPSA) is 89.3 Å². The average molecular weight is 488 g/mol. The van der Waals surface area contributed by atoms with Crippen molar-refractivity contribution in [3.63, 3.8) is 0 Å². The van der Waals surface area contributed by atoms with Gasteiger partial charge < -0.3 is 10.1 Å². The van der Waals surface area contributed by atoms with Gasteiger partial charge in [0.2, 0.25) is 17.8 Å². The van der Waals surface area contributed by atoms with E-state index in [2.05, 4.69) is 15.4 Å². The molecule has 8 nitrogen and oxygen atoms in total. The highest BCUT2D eigenvalue weighted by Gasteiger charge is 2.49. The molecule has 3 aliphatic rings. The summed E-state index contributed by atoms with van der Waals surface area (Å²) in [4.78, 5) is 32.0. The lowest BCUT2D eigenvalue weighted by Gasteiger charge is -2.24. The monoisotopic (exact) mass is 487 g/mol. The van der Waals surface area contributed by atoms with Gasteiger partial charge in [0.05, 0.1) is 18.9 Å². The fourth-order valence-corrected chi connectivity index (χ4v) is 5.04. The number of benzene rings is 2. The molecule has 0 bridgehead atoms. The molecule has 176 valence electrons. The van der Waals surface area contributed by atoms with Crippen molar-refractivity contribution in [3.8, 4) is 5.75 Å². The third kappa shape index (κ3) is 3.61. The number of hydrogen-bond acceptors (Lipinski definition) is 6. The molecule has 3 atom stereocenters. The van der Waals surface area contributed by atoms with Crippen LogP contribution in [0, 0.1) is 11.8 Å². The Bertz CT molecular complexity index is 1350. The number of imide groups is 1. The molecule has 1 saturated heterocycles. The van der Waals surface area contributed by atoms with Crippen LogP contribution in [0.25, 0.3) is 5.70 Å². The van der Waals surface area contributed by atoms with E-state index >= 15 is 0 Å². The number of methoxy groups -OCH3 is 1. The Morgan fingerprint density at radius 2 is 1.63 bits per heavy atom. The normalized spacial score (nSPS) is 23.0. The summed E-state index contributed by atoms with van der Waals surface area (Å²) >= 11 is 6.09. The highest BCUT2D eigenvalue weighted by Crippen LogP contribution is 2.39. The summed E-state index contributed by atoms with van der Waals surface area (Å²) in [6.07, 6.45) is 7.09. The Balaban J connectivity index is 1.42. The summed E-state index contributed by atoms with van der Waals surface area (Å²) in [6, 6.07) is 14.9. The number of carbonyl (C=O) groups excluding carboxylic acids is 2. The van der Waals surface area contributed by atoms with Gasteiger partial charge in [-0.15, -0.1) is 5.10 Å². The minimum absolute atomic E-state index is 0.0983. The number of carbonyl (C=O) groups is 2. The van der Waals surface area contributed by atoms with Gasteiger partial charge in [-0.25, -0.2) is 9.58 Å². The van der Waals surface area contributed by atoms with Gasteiger partial charge in [-0.3, -0.25) is 9.59 Å². The molecule has 0 spiro atoms. The SMILES string of the molecule is COc1ccc(C2C=C(c3ccc(Cl)cc3)Nc3nc(N4C(=O)C5CC=CCC5C4=O)nn32)cc1. The molecular formula is C26H22ClN5O3.